The van der Waals surface area contributed by atoms with Crippen LogP contribution in [0.1, 0.15) is 33.1 Å². The summed E-state index contributed by atoms with van der Waals surface area (Å²) in [5.74, 6) is -0.320. The normalized spacial score (nSPS) is 18.6. The summed E-state index contributed by atoms with van der Waals surface area (Å²) in [4.78, 5) is 25.6. The van der Waals surface area contributed by atoms with Gasteiger partial charge in [0.05, 0.1) is 12.5 Å². The van der Waals surface area contributed by atoms with Crippen LogP contribution in [0.15, 0.2) is 0 Å². The van der Waals surface area contributed by atoms with Crippen LogP contribution in [0.2, 0.25) is 0 Å². The Morgan fingerprint density at radius 2 is 2.10 bits per heavy atom. The Hall–Kier alpha value is -0.850. The van der Waals surface area contributed by atoms with Crippen LogP contribution in [0.3, 0.4) is 0 Å². The van der Waals surface area contributed by atoms with E-state index < -0.39 is 0 Å². The first-order valence-corrected chi connectivity index (χ1v) is 7.29. The van der Waals surface area contributed by atoms with E-state index in [2.05, 4.69) is 5.32 Å². The maximum absolute atomic E-state index is 12.1. The Balaban J connectivity index is 0.00000400. The highest BCUT2D eigenvalue weighted by Crippen LogP contribution is 2.18. The number of ether oxygens (including phenoxy) is 1. The van der Waals surface area contributed by atoms with Crippen LogP contribution in [-0.2, 0) is 14.3 Å². The number of nitrogens with zero attached hydrogens (tertiary/aromatic N) is 1. The third kappa shape index (κ3) is 5.80. The number of hydrogen-bond donors (Lipinski definition) is 2. The summed E-state index contributed by atoms with van der Waals surface area (Å²) in [7, 11) is 1.60. The van der Waals surface area contributed by atoms with Gasteiger partial charge in [-0.15, -0.1) is 12.4 Å². The summed E-state index contributed by atoms with van der Waals surface area (Å²) < 4.78 is 4.96. The minimum absolute atomic E-state index is 0. The summed E-state index contributed by atoms with van der Waals surface area (Å²) in [6, 6.07) is 0. The van der Waals surface area contributed by atoms with E-state index in [0.29, 0.717) is 26.2 Å². The fraction of sp³-hybridized carbons (Fsp3) is 0.857. The number of amides is 2. The van der Waals surface area contributed by atoms with Gasteiger partial charge in [0, 0.05) is 38.7 Å². The van der Waals surface area contributed by atoms with Crippen molar-refractivity contribution < 1.29 is 14.3 Å². The van der Waals surface area contributed by atoms with Crippen LogP contribution in [0.25, 0.3) is 0 Å². The van der Waals surface area contributed by atoms with Crippen LogP contribution >= 0.6 is 12.4 Å². The van der Waals surface area contributed by atoms with Gasteiger partial charge in [0.1, 0.15) is 0 Å². The van der Waals surface area contributed by atoms with Gasteiger partial charge in [-0.1, -0.05) is 13.8 Å². The van der Waals surface area contributed by atoms with E-state index in [0.717, 1.165) is 12.8 Å². The van der Waals surface area contributed by atoms with Gasteiger partial charge < -0.3 is 20.7 Å². The van der Waals surface area contributed by atoms with E-state index in [4.69, 9.17) is 10.5 Å². The summed E-state index contributed by atoms with van der Waals surface area (Å²) >= 11 is 0. The lowest BCUT2D eigenvalue weighted by Crippen LogP contribution is -2.50. The Morgan fingerprint density at radius 3 is 2.62 bits per heavy atom. The summed E-state index contributed by atoms with van der Waals surface area (Å²) in [6.45, 7) is 6.01. The van der Waals surface area contributed by atoms with Crippen molar-refractivity contribution >= 4 is 24.2 Å². The van der Waals surface area contributed by atoms with Crippen molar-refractivity contribution in [2.24, 2.45) is 11.7 Å². The van der Waals surface area contributed by atoms with Crippen LogP contribution < -0.4 is 11.1 Å². The predicted octanol–water partition coefficient (Wildman–Crippen LogP) is 0.537. The number of nitrogens with two attached hydrogens (primary N) is 1. The van der Waals surface area contributed by atoms with Crippen molar-refractivity contribution in [2.45, 2.75) is 38.6 Å². The van der Waals surface area contributed by atoms with E-state index in [1.807, 2.05) is 13.8 Å². The Bertz CT molecular complexity index is 348. The second-order valence-corrected chi connectivity index (χ2v) is 5.52. The third-order valence-electron chi connectivity index (χ3n) is 4.17. The number of carbonyl (C=O) groups is 2. The molecule has 1 heterocycles. The summed E-state index contributed by atoms with van der Waals surface area (Å²) in [5, 5.41) is 2.89. The van der Waals surface area contributed by atoms with Gasteiger partial charge in [0.2, 0.25) is 11.8 Å². The molecular weight excluding hydrogens is 294 g/mol. The third-order valence-corrected chi connectivity index (χ3v) is 4.17. The van der Waals surface area contributed by atoms with E-state index >= 15 is 0 Å². The monoisotopic (exact) mass is 321 g/mol. The largest absolute Gasteiger partial charge is 0.383 e. The molecule has 1 saturated heterocycles. The smallest absolute Gasteiger partial charge is 0.225 e. The number of nitrogens with one attached hydrogen (secondary N) is 1. The van der Waals surface area contributed by atoms with Crippen LogP contribution in [0.5, 0.6) is 0 Å². The first-order chi connectivity index (χ1) is 9.45. The fourth-order valence-corrected chi connectivity index (χ4v) is 2.27. The van der Waals surface area contributed by atoms with Crippen LogP contribution in [0.4, 0.5) is 0 Å². The number of halogens is 1. The average Bonchev–Trinajstić information content (AvgIpc) is 2.83. The lowest BCUT2D eigenvalue weighted by Gasteiger charge is -2.27. The SMILES string of the molecule is CCC(N)(CC)CNC(=O)C1CC(=O)N(CCOC)C1.Cl. The van der Waals surface area contributed by atoms with Gasteiger partial charge in [-0.3, -0.25) is 9.59 Å². The molecule has 1 rings (SSSR count). The fourth-order valence-electron chi connectivity index (χ4n) is 2.27. The lowest BCUT2D eigenvalue weighted by atomic mass is 9.94. The number of carbonyl (C=O) groups excluding carboxylic acids is 2. The molecular formula is C14H28ClN3O3. The number of methoxy groups -OCH3 is 1. The summed E-state index contributed by atoms with van der Waals surface area (Å²) in [6.07, 6.45) is 1.91. The molecule has 2 amide bonds. The first-order valence-electron chi connectivity index (χ1n) is 7.29. The maximum Gasteiger partial charge on any atom is 0.225 e. The molecule has 21 heavy (non-hydrogen) atoms. The maximum atomic E-state index is 12.1. The van der Waals surface area contributed by atoms with Gasteiger partial charge in [-0.05, 0) is 12.8 Å². The molecule has 7 heteroatoms. The highest BCUT2D eigenvalue weighted by atomic mass is 35.5. The average molecular weight is 322 g/mol. The number of hydrogen-bond acceptors (Lipinski definition) is 4. The zero-order chi connectivity index (χ0) is 15.2. The van der Waals surface area contributed by atoms with Gasteiger partial charge in [0.15, 0.2) is 0 Å². The molecule has 0 aromatic carbocycles. The molecule has 0 aromatic heterocycles. The molecule has 3 N–H and O–H groups in total. The zero-order valence-corrected chi connectivity index (χ0v) is 14.0. The molecule has 124 valence electrons. The van der Waals surface area contributed by atoms with Gasteiger partial charge >= 0.3 is 0 Å². The minimum atomic E-state index is -0.353. The number of rotatable bonds is 8. The highest BCUT2D eigenvalue weighted by molar-refractivity contribution is 5.89. The molecule has 1 unspecified atom stereocenters. The highest BCUT2D eigenvalue weighted by Gasteiger charge is 2.34. The molecule has 1 aliphatic heterocycles. The molecule has 1 aliphatic rings. The number of likely N-dealkylation sites (tertiary alicyclic amines) is 1. The quantitative estimate of drug-likeness (QED) is 0.683. The molecule has 0 spiro atoms. The van der Waals surface area contributed by atoms with Crippen LogP contribution in [0, 0.1) is 5.92 Å². The molecule has 0 radical (unpaired) electrons. The molecule has 1 fully saturated rings. The molecule has 1 atom stereocenters. The van der Waals surface area contributed by atoms with Crippen LogP contribution in [-0.4, -0.2) is 55.6 Å². The second kappa shape index (κ2) is 9.23. The molecule has 0 aliphatic carbocycles. The topological polar surface area (TPSA) is 84.7 Å². The molecule has 0 bridgehead atoms. The summed E-state index contributed by atoms with van der Waals surface area (Å²) in [5.41, 5.74) is 5.80. The first kappa shape index (κ1) is 20.1. The second-order valence-electron chi connectivity index (χ2n) is 5.52. The van der Waals surface area contributed by atoms with Crippen molar-refractivity contribution in [3.63, 3.8) is 0 Å². The van der Waals surface area contributed by atoms with Gasteiger partial charge in [0.25, 0.3) is 0 Å². The predicted molar refractivity (Wildman–Crippen MR) is 84.3 cm³/mol. The minimum Gasteiger partial charge on any atom is -0.383 e. The lowest BCUT2D eigenvalue weighted by molar-refractivity contribution is -0.129. The van der Waals surface area contributed by atoms with Crippen molar-refractivity contribution in [2.75, 3.05) is 33.4 Å². The van der Waals surface area contributed by atoms with Crippen molar-refractivity contribution in [3.8, 4) is 0 Å². The van der Waals surface area contributed by atoms with E-state index in [1.165, 1.54) is 0 Å². The van der Waals surface area contributed by atoms with E-state index in [9.17, 15) is 9.59 Å². The molecule has 0 aromatic rings. The zero-order valence-electron chi connectivity index (χ0n) is 13.2. The Morgan fingerprint density at radius 1 is 1.48 bits per heavy atom. The van der Waals surface area contributed by atoms with E-state index in [1.54, 1.807) is 12.0 Å². The van der Waals surface area contributed by atoms with E-state index in [-0.39, 0.29) is 42.1 Å². The molecule has 6 nitrogen and oxygen atoms in total. The molecule has 0 saturated carbocycles. The Kier molecular flexibility index (Phi) is 8.85. The van der Waals surface area contributed by atoms with Gasteiger partial charge in [-0.2, -0.15) is 0 Å². The standard InChI is InChI=1S/C14H27N3O3.ClH/c1-4-14(15,5-2)10-16-13(19)11-8-12(18)17(9-11)6-7-20-3;/h11H,4-10,15H2,1-3H3,(H,16,19);1H. The van der Waals surface area contributed by atoms with Gasteiger partial charge in [-0.25, -0.2) is 0 Å². The Labute approximate surface area is 133 Å². The van der Waals surface area contributed by atoms with Crippen molar-refractivity contribution in [1.82, 2.24) is 10.2 Å². The van der Waals surface area contributed by atoms with Crippen molar-refractivity contribution in [1.29, 1.82) is 0 Å². The van der Waals surface area contributed by atoms with Crippen molar-refractivity contribution in [3.05, 3.63) is 0 Å².